The molecule has 1 fully saturated rings. The summed E-state index contributed by atoms with van der Waals surface area (Å²) in [5.74, 6) is 1.64. The molecule has 2 aromatic heterocycles. The van der Waals surface area contributed by atoms with Crippen LogP contribution in [0.25, 0.3) is 10.7 Å². The molecule has 0 saturated heterocycles. The smallest absolute Gasteiger partial charge is 0.237 e. The van der Waals surface area contributed by atoms with Crippen LogP contribution in [0.15, 0.2) is 46.9 Å². The second-order valence-electron chi connectivity index (χ2n) is 6.59. The number of nitrogens with one attached hydrogen (secondary N) is 1. The molecule has 1 atom stereocenters. The van der Waals surface area contributed by atoms with Crippen molar-refractivity contribution in [2.24, 2.45) is 0 Å². The second-order valence-corrected chi connectivity index (χ2v) is 8.85. The maximum Gasteiger partial charge on any atom is 0.237 e. The fourth-order valence-electron chi connectivity index (χ4n) is 2.85. The molecule has 0 bridgehead atoms. The van der Waals surface area contributed by atoms with E-state index in [-0.39, 0.29) is 11.2 Å². The first-order valence-corrected chi connectivity index (χ1v) is 11.1. The SMILES string of the molecule is CCOc1ccc(NC(=O)[C@H](C)Sc2nnc(-c3cccs3)n2C2CC2)cc1. The first-order valence-electron chi connectivity index (χ1n) is 9.35. The van der Waals surface area contributed by atoms with Crippen molar-refractivity contribution in [2.75, 3.05) is 11.9 Å². The molecule has 146 valence electrons. The minimum Gasteiger partial charge on any atom is -0.494 e. The second kappa shape index (κ2) is 8.36. The number of aromatic nitrogens is 3. The summed E-state index contributed by atoms with van der Waals surface area (Å²) >= 11 is 3.11. The molecule has 2 heterocycles. The Hall–Kier alpha value is -2.32. The van der Waals surface area contributed by atoms with Crippen LogP contribution in [0.4, 0.5) is 5.69 Å². The molecule has 4 rings (SSSR count). The maximum atomic E-state index is 12.6. The third kappa shape index (κ3) is 4.23. The first kappa shape index (κ1) is 19.0. The van der Waals surface area contributed by atoms with Crippen LogP contribution in [0.5, 0.6) is 5.75 Å². The van der Waals surface area contributed by atoms with Crippen LogP contribution in [-0.2, 0) is 4.79 Å². The van der Waals surface area contributed by atoms with Gasteiger partial charge in [0.2, 0.25) is 5.91 Å². The van der Waals surface area contributed by atoms with Crippen LogP contribution in [0.1, 0.15) is 32.7 Å². The van der Waals surface area contributed by atoms with Gasteiger partial charge in [0, 0.05) is 11.7 Å². The zero-order valence-corrected chi connectivity index (χ0v) is 17.4. The third-order valence-electron chi connectivity index (χ3n) is 4.40. The average Bonchev–Trinajstić information content (AvgIpc) is 3.22. The van der Waals surface area contributed by atoms with Crippen molar-refractivity contribution in [1.29, 1.82) is 0 Å². The topological polar surface area (TPSA) is 69.0 Å². The summed E-state index contributed by atoms with van der Waals surface area (Å²) in [7, 11) is 0. The third-order valence-corrected chi connectivity index (χ3v) is 6.32. The van der Waals surface area contributed by atoms with Crippen molar-refractivity contribution in [1.82, 2.24) is 14.8 Å². The molecular weight excluding hydrogens is 392 g/mol. The number of rotatable bonds is 8. The van der Waals surface area contributed by atoms with Gasteiger partial charge in [-0.25, -0.2) is 0 Å². The predicted octanol–water partition coefficient (Wildman–Crippen LogP) is 4.86. The molecule has 1 aromatic carbocycles. The van der Waals surface area contributed by atoms with E-state index in [2.05, 4.69) is 26.1 Å². The van der Waals surface area contributed by atoms with Gasteiger partial charge in [0.05, 0.1) is 16.7 Å². The van der Waals surface area contributed by atoms with Crippen LogP contribution in [0.3, 0.4) is 0 Å². The highest BCUT2D eigenvalue weighted by Crippen LogP contribution is 2.42. The Bertz CT molecular complexity index is 934. The number of thioether (sulfide) groups is 1. The number of ether oxygens (including phenoxy) is 1. The zero-order chi connectivity index (χ0) is 19.5. The molecule has 1 amide bonds. The van der Waals surface area contributed by atoms with E-state index in [1.54, 1.807) is 11.3 Å². The van der Waals surface area contributed by atoms with E-state index >= 15 is 0 Å². The monoisotopic (exact) mass is 414 g/mol. The summed E-state index contributed by atoms with van der Waals surface area (Å²) in [5, 5.41) is 14.3. The van der Waals surface area contributed by atoms with E-state index in [1.165, 1.54) is 11.8 Å². The van der Waals surface area contributed by atoms with Crippen LogP contribution >= 0.6 is 23.1 Å². The number of amides is 1. The lowest BCUT2D eigenvalue weighted by Crippen LogP contribution is -2.22. The molecule has 1 saturated carbocycles. The molecule has 0 aliphatic heterocycles. The van der Waals surface area contributed by atoms with Crippen molar-refractivity contribution >= 4 is 34.7 Å². The van der Waals surface area contributed by atoms with Gasteiger partial charge >= 0.3 is 0 Å². The minimum absolute atomic E-state index is 0.0582. The Labute approximate surface area is 172 Å². The fourth-order valence-corrected chi connectivity index (χ4v) is 4.47. The number of hydrogen-bond donors (Lipinski definition) is 1. The highest BCUT2D eigenvalue weighted by Gasteiger charge is 2.31. The van der Waals surface area contributed by atoms with Gasteiger partial charge in [-0.1, -0.05) is 17.8 Å². The number of carbonyl (C=O) groups excluding carboxylic acids is 1. The summed E-state index contributed by atoms with van der Waals surface area (Å²) in [5.41, 5.74) is 0.754. The van der Waals surface area contributed by atoms with E-state index in [0.29, 0.717) is 12.6 Å². The molecule has 0 radical (unpaired) electrons. The lowest BCUT2D eigenvalue weighted by molar-refractivity contribution is -0.115. The Balaban J connectivity index is 1.44. The van der Waals surface area contributed by atoms with E-state index in [0.717, 1.165) is 40.1 Å². The highest BCUT2D eigenvalue weighted by atomic mass is 32.2. The van der Waals surface area contributed by atoms with Crippen LogP contribution in [0, 0.1) is 0 Å². The minimum atomic E-state index is -0.288. The summed E-state index contributed by atoms with van der Waals surface area (Å²) in [6, 6.07) is 11.9. The Morgan fingerprint density at radius 3 is 2.75 bits per heavy atom. The van der Waals surface area contributed by atoms with Crippen LogP contribution in [-0.4, -0.2) is 32.5 Å². The van der Waals surface area contributed by atoms with E-state index in [1.807, 2.05) is 49.6 Å². The molecule has 28 heavy (non-hydrogen) atoms. The first-order chi connectivity index (χ1) is 13.7. The summed E-state index contributed by atoms with van der Waals surface area (Å²) in [4.78, 5) is 13.8. The summed E-state index contributed by atoms with van der Waals surface area (Å²) in [6.07, 6.45) is 2.27. The molecule has 3 aromatic rings. The van der Waals surface area contributed by atoms with Gasteiger partial charge in [0.25, 0.3) is 0 Å². The van der Waals surface area contributed by atoms with Crippen LogP contribution < -0.4 is 10.1 Å². The van der Waals surface area contributed by atoms with Gasteiger partial charge < -0.3 is 10.1 Å². The molecule has 1 aliphatic rings. The quantitative estimate of drug-likeness (QED) is 0.533. The molecule has 8 heteroatoms. The number of carbonyl (C=O) groups is 1. The fraction of sp³-hybridized carbons (Fsp3) is 0.350. The Morgan fingerprint density at radius 1 is 1.32 bits per heavy atom. The van der Waals surface area contributed by atoms with Gasteiger partial charge in [0.1, 0.15) is 5.75 Å². The van der Waals surface area contributed by atoms with E-state index < -0.39 is 0 Å². The molecule has 6 nitrogen and oxygen atoms in total. The lowest BCUT2D eigenvalue weighted by atomic mass is 10.3. The highest BCUT2D eigenvalue weighted by molar-refractivity contribution is 8.00. The van der Waals surface area contributed by atoms with Crippen molar-refractivity contribution < 1.29 is 9.53 Å². The molecule has 1 N–H and O–H groups in total. The number of anilines is 1. The zero-order valence-electron chi connectivity index (χ0n) is 15.8. The number of hydrogen-bond acceptors (Lipinski definition) is 6. The van der Waals surface area contributed by atoms with Crippen molar-refractivity contribution in [3.63, 3.8) is 0 Å². The van der Waals surface area contributed by atoms with Gasteiger partial charge in [-0.2, -0.15) is 0 Å². The predicted molar refractivity (Wildman–Crippen MR) is 113 cm³/mol. The van der Waals surface area contributed by atoms with Gasteiger partial charge in [0.15, 0.2) is 11.0 Å². The van der Waals surface area contributed by atoms with Gasteiger partial charge in [-0.3, -0.25) is 9.36 Å². The van der Waals surface area contributed by atoms with Crippen molar-refractivity contribution in [3.8, 4) is 16.5 Å². The van der Waals surface area contributed by atoms with Crippen molar-refractivity contribution in [3.05, 3.63) is 41.8 Å². The number of benzene rings is 1. The molecule has 0 spiro atoms. The van der Waals surface area contributed by atoms with Gasteiger partial charge in [-0.15, -0.1) is 21.5 Å². The van der Waals surface area contributed by atoms with Crippen LogP contribution in [0.2, 0.25) is 0 Å². The number of thiophene rings is 1. The molecular formula is C20H22N4O2S2. The standard InChI is InChI=1S/C20H22N4O2S2/c1-3-26-16-10-6-14(7-11-16)21-19(25)13(2)28-20-23-22-18(17-5-4-12-27-17)24(20)15-8-9-15/h4-7,10-13,15H,3,8-9H2,1-2H3,(H,21,25)/t13-/m0/s1. The lowest BCUT2D eigenvalue weighted by Gasteiger charge is -2.13. The van der Waals surface area contributed by atoms with E-state index in [9.17, 15) is 4.79 Å². The maximum absolute atomic E-state index is 12.6. The largest absolute Gasteiger partial charge is 0.494 e. The summed E-state index contributed by atoms with van der Waals surface area (Å²) < 4.78 is 7.62. The average molecular weight is 415 g/mol. The molecule has 1 aliphatic carbocycles. The Kier molecular flexibility index (Phi) is 5.68. The number of nitrogens with zero attached hydrogens (tertiary/aromatic N) is 3. The van der Waals surface area contributed by atoms with Crippen molar-refractivity contribution in [2.45, 2.75) is 43.1 Å². The normalized spacial score (nSPS) is 14.6. The van der Waals surface area contributed by atoms with E-state index in [4.69, 9.17) is 4.74 Å². The van der Waals surface area contributed by atoms with Gasteiger partial charge in [-0.05, 0) is 62.4 Å². The summed E-state index contributed by atoms with van der Waals surface area (Å²) in [6.45, 7) is 4.46. The molecule has 0 unspecified atom stereocenters. The Morgan fingerprint density at radius 2 is 2.11 bits per heavy atom.